The summed E-state index contributed by atoms with van der Waals surface area (Å²) in [5.41, 5.74) is 3.59. The Morgan fingerprint density at radius 1 is 1.00 bits per heavy atom. The lowest BCUT2D eigenvalue weighted by Gasteiger charge is -2.27. The van der Waals surface area contributed by atoms with Gasteiger partial charge in [-0.2, -0.15) is 0 Å². The molecule has 1 atom stereocenters. The molecule has 0 unspecified atom stereocenters. The first-order valence-electron chi connectivity index (χ1n) is 16.4. The van der Waals surface area contributed by atoms with Crippen LogP contribution >= 0.6 is 0 Å². The molecule has 48 heavy (non-hydrogen) atoms. The number of carbonyl (C=O) groups excluding carboxylic acids is 3. The summed E-state index contributed by atoms with van der Waals surface area (Å²) in [5.74, 6) is 0.200. The van der Waals surface area contributed by atoms with Crippen LogP contribution in [-0.2, 0) is 22.7 Å². The van der Waals surface area contributed by atoms with Crippen molar-refractivity contribution in [2.24, 2.45) is 5.92 Å². The highest BCUT2D eigenvalue weighted by atomic mass is 16.5. The molecule has 3 amide bonds. The van der Waals surface area contributed by atoms with Crippen LogP contribution in [-0.4, -0.2) is 71.5 Å². The lowest BCUT2D eigenvalue weighted by Crippen LogP contribution is -2.55. The highest BCUT2D eigenvalue weighted by Gasteiger charge is 2.52. The minimum atomic E-state index is -1.07. The highest BCUT2D eigenvalue weighted by molar-refractivity contribution is 6.02. The Kier molecular flexibility index (Phi) is 9.58. The van der Waals surface area contributed by atoms with Crippen LogP contribution in [0.25, 0.3) is 22.0 Å². The molecule has 3 N–H and O–H groups in total. The number of amides is 3. The fourth-order valence-corrected chi connectivity index (χ4v) is 6.33. The molecule has 4 aromatic rings. The third-order valence-corrected chi connectivity index (χ3v) is 8.98. The lowest BCUT2D eigenvalue weighted by atomic mass is 10.00. The molecule has 1 saturated carbocycles. The van der Waals surface area contributed by atoms with Gasteiger partial charge in [0.05, 0.1) is 25.3 Å². The number of benzene rings is 2. The Bertz CT molecular complexity index is 1830. The molecule has 1 aliphatic heterocycles. The Hall–Kier alpha value is -5.03. The van der Waals surface area contributed by atoms with E-state index in [4.69, 9.17) is 9.47 Å². The summed E-state index contributed by atoms with van der Waals surface area (Å²) >= 11 is 0. The van der Waals surface area contributed by atoms with Gasteiger partial charge in [-0.3, -0.25) is 29.3 Å². The second-order valence-electron chi connectivity index (χ2n) is 13.0. The van der Waals surface area contributed by atoms with Crippen molar-refractivity contribution in [1.82, 2.24) is 30.8 Å². The maximum absolute atomic E-state index is 13.6. The van der Waals surface area contributed by atoms with Gasteiger partial charge in [0.15, 0.2) is 11.5 Å². The van der Waals surface area contributed by atoms with E-state index in [2.05, 4.69) is 36.9 Å². The molecule has 2 aliphatic rings. The van der Waals surface area contributed by atoms with Gasteiger partial charge in [-0.05, 0) is 66.6 Å². The van der Waals surface area contributed by atoms with E-state index in [-0.39, 0.29) is 17.7 Å². The van der Waals surface area contributed by atoms with Crippen molar-refractivity contribution in [2.45, 2.75) is 57.8 Å². The van der Waals surface area contributed by atoms with Gasteiger partial charge in [-0.1, -0.05) is 32.0 Å². The zero-order valence-corrected chi connectivity index (χ0v) is 27.8. The average molecular weight is 651 g/mol. The number of rotatable bonds is 6. The zero-order valence-electron chi connectivity index (χ0n) is 27.8. The third kappa shape index (κ3) is 7.11. The van der Waals surface area contributed by atoms with Crippen LogP contribution in [0.5, 0.6) is 11.5 Å². The van der Waals surface area contributed by atoms with Crippen LogP contribution in [0.2, 0.25) is 0 Å². The Morgan fingerprint density at radius 2 is 1.79 bits per heavy atom. The number of pyridine rings is 2. The summed E-state index contributed by atoms with van der Waals surface area (Å²) in [6.45, 7) is 6.03. The number of aromatic nitrogens is 2. The first-order chi connectivity index (χ1) is 23.2. The molecule has 2 aromatic heterocycles. The smallest absolute Gasteiger partial charge is 0.253 e. The van der Waals surface area contributed by atoms with Crippen molar-refractivity contribution in [3.8, 4) is 22.6 Å². The third-order valence-electron chi connectivity index (χ3n) is 8.98. The standard InChI is InChI=1S/C37H42N6O5/c1-23(2)15-31-35(45)40-13-14-43(22-25-9-12-39-30-8-6-5-7-28(25)30)21-24-16-29(33(48-4)32(17-24)47-3)26-18-27(20-38-19-26)34(44)42-37(10-11-37)36(46)41-31/h5-9,12,16-20,23,31H,10-11,13-15,21-22H2,1-4H3,(H,40,45)(H,41,46)(H,42,44)/t31-/m1/s1. The fourth-order valence-electron chi connectivity index (χ4n) is 6.33. The van der Waals surface area contributed by atoms with Crippen LogP contribution in [0.4, 0.5) is 0 Å². The summed E-state index contributed by atoms with van der Waals surface area (Å²) in [7, 11) is 3.17. The van der Waals surface area contributed by atoms with Gasteiger partial charge >= 0.3 is 0 Å². The van der Waals surface area contributed by atoms with E-state index in [1.54, 1.807) is 26.5 Å². The van der Waals surface area contributed by atoms with Gasteiger partial charge in [-0.25, -0.2) is 0 Å². The number of carbonyl (C=O) groups is 3. The van der Waals surface area contributed by atoms with Crippen molar-refractivity contribution in [2.75, 3.05) is 27.3 Å². The van der Waals surface area contributed by atoms with E-state index < -0.39 is 17.5 Å². The number of nitrogens with one attached hydrogen (secondary N) is 3. The molecule has 0 saturated heterocycles. The second kappa shape index (κ2) is 14.0. The minimum absolute atomic E-state index is 0.160. The molecular formula is C37H42N6O5. The normalized spacial score (nSPS) is 18.4. The predicted molar refractivity (Wildman–Crippen MR) is 182 cm³/mol. The van der Waals surface area contributed by atoms with E-state index in [9.17, 15) is 14.4 Å². The predicted octanol–water partition coefficient (Wildman–Crippen LogP) is 4.24. The van der Waals surface area contributed by atoms with Crippen LogP contribution in [0, 0.1) is 5.92 Å². The van der Waals surface area contributed by atoms with E-state index in [1.165, 1.54) is 6.20 Å². The summed E-state index contributed by atoms with van der Waals surface area (Å²) in [4.78, 5) is 51.8. The van der Waals surface area contributed by atoms with Crippen molar-refractivity contribution in [1.29, 1.82) is 0 Å². The summed E-state index contributed by atoms with van der Waals surface area (Å²) in [5, 5.41) is 10.0. The van der Waals surface area contributed by atoms with Gasteiger partial charge in [-0.15, -0.1) is 0 Å². The molecule has 2 aromatic carbocycles. The fraction of sp³-hybridized carbons (Fsp3) is 0.378. The van der Waals surface area contributed by atoms with Gasteiger partial charge in [0, 0.05) is 61.3 Å². The van der Waals surface area contributed by atoms with Crippen molar-refractivity contribution in [3.05, 3.63) is 83.8 Å². The number of hydrogen-bond donors (Lipinski definition) is 3. The summed E-state index contributed by atoms with van der Waals surface area (Å²) < 4.78 is 11.6. The van der Waals surface area contributed by atoms with Crippen LogP contribution in [0.1, 0.15) is 54.6 Å². The molecule has 3 heterocycles. The molecule has 1 spiro atoms. The SMILES string of the molecule is COc1cc2cc(c1OC)-c1cncc(c1)C(=O)NC1(CC1)C(=O)N[C@H](CC(C)C)C(=O)NCCN(Cc1ccnc3ccccc13)C2. The van der Waals surface area contributed by atoms with Crippen LogP contribution < -0.4 is 25.4 Å². The van der Waals surface area contributed by atoms with E-state index in [0.717, 1.165) is 22.0 Å². The van der Waals surface area contributed by atoms with Gasteiger partial charge < -0.3 is 25.4 Å². The number of fused-ring (bicyclic) bond motifs is 6. The van der Waals surface area contributed by atoms with Crippen molar-refractivity contribution in [3.63, 3.8) is 0 Å². The maximum Gasteiger partial charge on any atom is 0.253 e. The highest BCUT2D eigenvalue weighted by Crippen LogP contribution is 2.40. The van der Waals surface area contributed by atoms with E-state index in [0.29, 0.717) is 73.6 Å². The van der Waals surface area contributed by atoms with E-state index >= 15 is 0 Å². The lowest BCUT2D eigenvalue weighted by molar-refractivity contribution is -0.130. The zero-order chi connectivity index (χ0) is 33.8. The first kappa shape index (κ1) is 32.9. The molecule has 4 bridgehead atoms. The molecule has 11 heteroatoms. The van der Waals surface area contributed by atoms with Crippen molar-refractivity contribution < 1.29 is 23.9 Å². The largest absolute Gasteiger partial charge is 0.493 e. The molecule has 6 rings (SSSR count). The second-order valence-corrected chi connectivity index (χ2v) is 13.0. The molecular weight excluding hydrogens is 608 g/mol. The van der Waals surface area contributed by atoms with Gasteiger partial charge in [0.2, 0.25) is 11.8 Å². The number of hydrogen-bond acceptors (Lipinski definition) is 8. The number of para-hydroxylation sites is 1. The van der Waals surface area contributed by atoms with Crippen LogP contribution in [0.3, 0.4) is 0 Å². The summed E-state index contributed by atoms with van der Waals surface area (Å²) in [6.07, 6.45) is 6.42. The molecule has 250 valence electrons. The summed E-state index contributed by atoms with van der Waals surface area (Å²) in [6, 6.07) is 15.1. The Labute approximate surface area is 280 Å². The average Bonchev–Trinajstić information content (AvgIpc) is 3.87. The first-order valence-corrected chi connectivity index (χ1v) is 16.4. The number of nitrogens with zero attached hydrogens (tertiary/aromatic N) is 3. The Balaban J connectivity index is 1.42. The maximum atomic E-state index is 13.6. The molecule has 0 radical (unpaired) electrons. The van der Waals surface area contributed by atoms with Gasteiger partial charge in [0.25, 0.3) is 5.91 Å². The van der Waals surface area contributed by atoms with E-state index in [1.807, 2.05) is 56.4 Å². The number of ether oxygens (including phenoxy) is 2. The quantitative estimate of drug-likeness (QED) is 0.282. The Morgan fingerprint density at radius 3 is 2.54 bits per heavy atom. The molecule has 11 nitrogen and oxygen atoms in total. The topological polar surface area (TPSA) is 135 Å². The van der Waals surface area contributed by atoms with Crippen molar-refractivity contribution >= 4 is 28.6 Å². The van der Waals surface area contributed by atoms with Crippen LogP contribution in [0.15, 0.2) is 67.1 Å². The molecule has 1 fully saturated rings. The minimum Gasteiger partial charge on any atom is -0.493 e. The van der Waals surface area contributed by atoms with Gasteiger partial charge in [0.1, 0.15) is 11.6 Å². The monoisotopic (exact) mass is 650 g/mol. The molecule has 1 aliphatic carbocycles. The number of methoxy groups -OCH3 is 2.